The maximum absolute atomic E-state index is 14.2. The van der Waals surface area contributed by atoms with E-state index >= 15 is 0 Å². The molecule has 4 rings (SSSR count). The molecular weight excluding hydrogens is 367 g/mol. The molecule has 2 aromatic carbocycles. The molecule has 0 atom stereocenters. The fourth-order valence-electron chi connectivity index (χ4n) is 3.57. The Morgan fingerprint density at radius 3 is 2.30 bits per heavy atom. The van der Waals surface area contributed by atoms with Crippen LogP contribution in [0.25, 0.3) is 0 Å². The highest BCUT2D eigenvalue weighted by Gasteiger charge is 2.40. The van der Waals surface area contributed by atoms with Crippen LogP contribution < -0.4 is 5.32 Å². The standard InChI is InChI=1S/C20H21FN2O3S/c21-17-9-8-15(14-18(17)27(25,26)23-12-5-13-23)19(24)22-20(10-4-11-20)16-6-2-1-3-7-16/h1-3,6-9,14H,4-5,10-13H2,(H,22,24). The van der Waals surface area contributed by atoms with E-state index in [1.807, 2.05) is 30.3 Å². The molecule has 0 spiro atoms. The van der Waals surface area contributed by atoms with Crippen molar-refractivity contribution < 1.29 is 17.6 Å². The van der Waals surface area contributed by atoms with Gasteiger partial charge in [-0.2, -0.15) is 4.31 Å². The van der Waals surface area contributed by atoms with Crippen molar-refractivity contribution >= 4 is 15.9 Å². The summed E-state index contributed by atoms with van der Waals surface area (Å²) in [6.45, 7) is 0.768. The molecule has 1 amide bonds. The van der Waals surface area contributed by atoms with Gasteiger partial charge in [-0.3, -0.25) is 4.79 Å². The third-order valence-electron chi connectivity index (χ3n) is 5.51. The molecule has 142 valence electrons. The van der Waals surface area contributed by atoms with Crippen molar-refractivity contribution in [2.45, 2.75) is 36.1 Å². The molecule has 1 N–H and O–H groups in total. The second-order valence-corrected chi connectivity index (χ2v) is 9.07. The summed E-state index contributed by atoms with van der Waals surface area (Å²) in [5.74, 6) is -1.22. The fourth-order valence-corrected chi connectivity index (χ4v) is 5.18. The van der Waals surface area contributed by atoms with E-state index in [1.54, 1.807) is 0 Å². The van der Waals surface area contributed by atoms with Crippen LogP contribution in [-0.4, -0.2) is 31.7 Å². The molecular formula is C20H21FN2O3S. The first-order valence-corrected chi connectivity index (χ1v) is 10.5. The van der Waals surface area contributed by atoms with Crippen molar-refractivity contribution in [3.05, 3.63) is 65.5 Å². The molecule has 1 saturated heterocycles. The van der Waals surface area contributed by atoms with Crippen LogP contribution in [0.1, 0.15) is 41.6 Å². The summed E-state index contributed by atoms with van der Waals surface area (Å²) in [6.07, 6.45) is 3.42. The molecule has 0 radical (unpaired) electrons. The number of hydrogen-bond donors (Lipinski definition) is 1. The first-order valence-electron chi connectivity index (χ1n) is 9.10. The van der Waals surface area contributed by atoms with E-state index in [9.17, 15) is 17.6 Å². The maximum Gasteiger partial charge on any atom is 0.252 e. The number of nitrogens with zero attached hydrogens (tertiary/aromatic N) is 1. The number of benzene rings is 2. The number of nitrogens with one attached hydrogen (secondary N) is 1. The van der Waals surface area contributed by atoms with Gasteiger partial charge < -0.3 is 5.32 Å². The Morgan fingerprint density at radius 1 is 1.04 bits per heavy atom. The van der Waals surface area contributed by atoms with Crippen LogP contribution in [-0.2, 0) is 15.6 Å². The smallest absolute Gasteiger partial charge is 0.252 e. The van der Waals surface area contributed by atoms with E-state index in [2.05, 4.69) is 5.32 Å². The van der Waals surface area contributed by atoms with Gasteiger partial charge in [0.1, 0.15) is 10.7 Å². The summed E-state index contributed by atoms with van der Waals surface area (Å²) < 4.78 is 40.5. The summed E-state index contributed by atoms with van der Waals surface area (Å²) in [4.78, 5) is 12.4. The molecule has 0 unspecified atom stereocenters. The number of carbonyl (C=O) groups excluding carboxylic acids is 1. The highest BCUT2D eigenvalue weighted by atomic mass is 32.2. The van der Waals surface area contributed by atoms with Crippen LogP contribution in [0.3, 0.4) is 0 Å². The Bertz CT molecular complexity index is 968. The quantitative estimate of drug-likeness (QED) is 0.856. The Morgan fingerprint density at radius 2 is 1.74 bits per heavy atom. The first kappa shape index (κ1) is 18.1. The lowest BCUT2D eigenvalue weighted by molar-refractivity contribution is 0.0823. The van der Waals surface area contributed by atoms with E-state index in [4.69, 9.17) is 0 Å². The molecule has 2 aliphatic rings. The van der Waals surface area contributed by atoms with Crippen molar-refractivity contribution in [2.75, 3.05) is 13.1 Å². The van der Waals surface area contributed by atoms with Crippen molar-refractivity contribution in [2.24, 2.45) is 0 Å². The van der Waals surface area contributed by atoms with Crippen molar-refractivity contribution in [1.82, 2.24) is 9.62 Å². The average molecular weight is 388 g/mol. The van der Waals surface area contributed by atoms with E-state index in [1.165, 1.54) is 10.4 Å². The van der Waals surface area contributed by atoms with Gasteiger partial charge in [-0.15, -0.1) is 0 Å². The summed E-state index contributed by atoms with van der Waals surface area (Å²) in [5.41, 5.74) is 0.737. The molecule has 2 fully saturated rings. The minimum atomic E-state index is -3.90. The van der Waals surface area contributed by atoms with Crippen molar-refractivity contribution in [3.63, 3.8) is 0 Å². The van der Waals surface area contributed by atoms with Gasteiger partial charge in [0.25, 0.3) is 5.91 Å². The van der Waals surface area contributed by atoms with Gasteiger partial charge in [-0.1, -0.05) is 30.3 Å². The highest BCUT2D eigenvalue weighted by Crippen LogP contribution is 2.41. The van der Waals surface area contributed by atoms with Gasteiger partial charge in [-0.25, -0.2) is 12.8 Å². The van der Waals surface area contributed by atoms with E-state index in [0.29, 0.717) is 13.1 Å². The van der Waals surface area contributed by atoms with Crippen molar-refractivity contribution in [3.8, 4) is 0 Å². The van der Waals surface area contributed by atoms with Gasteiger partial charge in [-0.05, 0) is 49.4 Å². The van der Waals surface area contributed by atoms with E-state index < -0.39 is 32.2 Å². The topological polar surface area (TPSA) is 66.5 Å². The van der Waals surface area contributed by atoms with Crippen LogP contribution >= 0.6 is 0 Å². The number of carbonyl (C=O) groups is 1. The third-order valence-corrected chi connectivity index (χ3v) is 7.43. The van der Waals surface area contributed by atoms with Gasteiger partial charge >= 0.3 is 0 Å². The molecule has 0 aromatic heterocycles. The molecule has 2 aromatic rings. The maximum atomic E-state index is 14.2. The second-order valence-electron chi connectivity index (χ2n) is 7.16. The predicted octanol–water partition coefficient (Wildman–Crippen LogP) is 3.03. The van der Waals surface area contributed by atoms with Crippen LogP contribution in [0.5, 0.6) is 0 Å². The van der Waals surface area contributed by atoms with Gasteiger partial charge in [0.05, 0.1) is 5.54 Å². The molecule has 7 heteroatoms. The summed E-state index contributed by atoms with van der Waals surface area (Å²) in [6, 6.07) is 13.3. The number of sulfonamides is 1. The average Bonchev–Trinajstić information content (AvgIpc) is 2.57. The summed E-state index contributed by atoms with van der Waals surface area (Å²) in [5, 5.41) is 3.05. The highest BCUT2D eigenvalue weighted by molar-refractivity contribution is 7.89. The van der Waals surface area contributed by atoms with Gasteiger partial charge in [0, 0.05) is 18.7 Å². The molecule has 5 nitrogen and oxygen atoms in total. The third kappa shape index (κ3) is 3.15. The largest absolute Gasteiger partial charge is 0.343 e. The summed E-state index contributed by atoms with van der Waals surface area (Å²) in [7, 11) is -3.90. The second kappa shape index (κ2) is 6.73. The lowest BCUT2D eigenvalue weighted by Crippen LogP contribution is -2.50. The molecule has 1 aliphatic carbocycles. The minimum absolute atomic E-state index is 0.151. The molecule has 1 aliphatic heterocycles. The van der Waals surface area contributed by atoms with Crippen LogP contribution in [0, 0.1) is 5.82 Å². The van der Waals surface area contributed by atoms with Crippen LogP contribution in [0.15, 0.2) is 53.4 Å². The molecule has 1 heterocycles. The number of rotatable bonds is 5. The van der Waals surface area contributed by atoms with E-state index in [0.717, 1.165) is 43.4 Å². The van der Waals surface area contributed by atoms with Crippen molar-refractivity contribution in [1.29, 1.82) is 0 Å². The molecule has 1 saturated carbocycles. The zero-order chi connectivity index (χ0) is 19.1. The first-order chi connectivity index (χ1) is 12.9. The van der Waals surface area contributed by atoms with Crippen LogP contribution in [0.4, 0.5) is 4.39 Å². The normalized spacial score (nSPS) is 19.0. The SMILES string of the molecule is O=C(NC1(c2ccccc2)CCC1)c1ccc(F)c(S(=O)(=O)N2CCC2)c1. The molecule has 0 bridgehead atoms. The van der Waals surface area contributed by atoms with Crippen LogP contribution in [0.2, 0.25) is 0 Å². The number of amides is 1. The lowest BCUT2D eigenvalue weighted by Gasteiger charge is -2.43. The fraction of sp³-hybridized carbons (Fsp3) is 0.350. The lowest BCUT2D eigenvalue weighted by atomic mass is 9.71. The summed E-state index contributed by atoms with van der Waals surface area (Å²) >= 11 is 0. The van der Waals surface area contributed by atoms with E-state index in [-0.39, 0.29) is 5.56 Å². The number of halogens is 1. The zero-order valence-electron chi connectivity index (χ0n) is 14.8. The zero-order valence-corrected chi connectivity index (χ0v) is 15.6. The Hall–Kier alpha value is -2.25. The Balaban J connectivity index is 1.62. The minimum Gasteiger partial charge on any atom is -0.343 e. The Kier molecular flexibility index (Phi) is 4.52. The predicted molar refractivity (Wildman–Crippen MR) is 99.2 cm³/mol. The van der Waals surface area contributed by atoms with Gasteiger partial charge in [0.2, 0.25) is 10.0 Å². The number of hydrogen-bond acceptors (Lipinski definition) is 3. The molecule has 27 heavy (non-hydrogen) atoms. The van der Waals surface area contributed by atoms with Gasteiger partial charge in [0.15, 0.2) is 0 Å². The monoisotopic (exact) mass is 388 g/mol. The Labute approximate surface area is 158 Å².